The van der Waals surface area contributed by atoms with Crippen LogP contribution in [-0.2, 0) is 16.6 Å². The van der Waals surface area contributed by atoms with Crippen LogP contribution in [0.25, 0.3) is 10.9 Å². The third kappa shape index (κ3) is 4.62. The number of benzene rings is 1. The molecule has 2 aliphatic heterocycles. The van der Waals surface area contributed by atoms with Crippen molar-refractivity contribution >= 4 is 20.9 Å². The molecule has 0 aliphatic carbocycles. The second-order valence-corrected chi connectivity index (χ2v) is 10.4. The van der Waals surface area contributed by atoms with Gasteiger partial charge in [0.2, 0.25) is 10.0 Å². The molecule has 2 fully saturated rings. The number of fused-ring (bicyclic) bond motifs is 1. The Morgan fingerprint density at radius 2 is 1.86 bits per heavy atom. The number of piperidine rings is 1. The van der Waals surface area contributed by atoms with Gasteiger partial charge in [-0.15, -0.1) is 0 Å². The largest absolute Gasteiger partial charge is 0.299 e. The molecule has 29 heavy (non-hydrogen) atoms. The van der Waals surface area contributed by atoms with E-state index in [9.17, 15) is 12.8 Å². The molecule has 0 bridgehead atoms. The zero-order valence-corrected chi connectivity index (χ0v) is 17.9. The van der Waals surface area contributed by atoms with Gasteiger partial charge in [0.05, 0.1) is 11.8 Å². The molecule has 0 saturated carbocycles. The van der Waals surface area contributed by atoms with Crippen LogP contribution in [0.5, 0.6) is 0 Å². The van der Waals surface area contributed by atoms with Crippen molar-refractivity contribution in [2.75, 3.05) is 25.9 Å². The van der Waals surface area contributed by atoms with Gasteiger partial charge in [0, 0.05) is 30.7 Å². The van der Waals surface area contributed by atoms with Gasteiger partial charge in [-0.1, -0.05) is 18.9 Å². The average molecular weight is 420 g/mol. The number of halogens is 1. The molecule has 5 nitrogen and oxygen atoms in total. The molecule has 4 rings (SSSR count). The monoisotopic (exact) mass is 419 g/mol. The summed E-state index contributed by atoms with van der Waals surface area (Å²) >= 11 is 0. The molecule has 0 radical (unpaired) electrons. The maximum Gasteiger partial charge on any atom is 0.211 e. The third-order valence-corrected chi connectivity index (χ3v) is 7.85. The average Bonchev–Trinajstić information content (AvgIpc) is 2.97. The molecule has 0 spiro atoms. The van der Waals surface area contributed by atoms with Crippen molar-refractivity contribution < 1.29 is 12.8 Å². The van der Waals surface area contributed by atoms with E-state index < -0.39 is 10.0 Å². The SMILES string of the molecule is CS(=O)(=O)N1CCCCC[C@H]1C1CCN(Cc2ccc(F)c3cccnc23)CC1. The van der Waals surface area contributed by atoms with Gasteiger partial charge >= 0.3 is 0 Å². The minimum atomic E-state index is -3.16. The number of sulfonamides is 1. The van der Waals surface area contributed by atoms with Crippen LogP contribution >= 0.6 is 0 Å². The zero-order valence-electron chi connectivity index (χ0n) is 17.1. The molecular weight excluding hydrogens is 389 g/mol. The number of hydrogen-bond acceptors (Lipinski definition) is 4. The van der Waals surface area contributed by atoms with E-state index in [0.29, 0.717) is 17.8 Å². The predicted octanol–water partition coefficient (Wildman–Crippen LogP) is 3.79. The lowest BCUT2D eigenvalue weighted by Crippen LogP contribution is -2.47. The van der Waals surface area contributed by atoms with Crippen LogP contribution in [0.15, 0.2) is 30.5 Å². The highest BCUT2D eigenvalue weighted by Crippen LogP contribution is 2.32. The zero-order chi connectivity index (χ0) is 20.4. The molecule has 2 saturated heterocycles. The van der Waals surface area contributed by atoms with E-state index in [1.54, 1.807) is 22.6 Å². The Bertz CT molecular complexity index is 958. The van der Waals surface area contributed by atoms with E-state index in [0.717, 1.165) is 69.2 Å². The molecule has 1 atom stereocenters. The second kappa shape index (κ2) is 8.66. The van der Waals surface area contributed by atoms with Gasteiger partial charge in [0.1, 0.15) is 5.82 Å². The van der Waals surface area contributed by atoms with Crippen LogP contribution in [0.1, 0.15) is 44.1 Å². The molecule has 2 aromatic rings. The summed E-state index contributed by atoms with van der Waals surface area (Å²) in [5.74, 6) is 0.187. The van der Waals surface area contributed by atoms with Gasteiger partial charge in [-0.05, 0) is 68.5 Å². The minimum Gasteiger partial charge on any atom is -0.299 e. The Hall–Kier alpha value is -1.57. The van der Waals surface area contributed by atoms with Crippen molar-refractivity contribution in [2.45, 2.75) is 51.1 Å². The van der Waals surface area contributed by atoms with Crippen LogP contribution in [-0.4, -0.2) is 54.5 Å². The Morgan fingerprint density at radius 1 is 1.07 bits per heavy atom. The Balaban J connectivity index is 1.44. The lowest BCUT2D eigenvalue weighted by Gasteiger charge is -2.39. The normalized spacial score (nSPS) is 23.3. The summed E-state index contributed by atoms with van der Waals surface area (Å²) in [6, 6.07) is 7.05. The number of rotatable bonds is 4. The fraction of sp³-hybridized carbons (Fsp3) is 0.591. The summed E-state index contributed by atoms with van der Waals surface area (Å²) in [5, 5.41) is 0.571. The Morgan fingerprint density at radius 3 is 2.62 bits per heavy atom. The summed E-state index contributed by atoms with van der Waals surface area (Å²) in [6.07, 6.45) is 9.25. The summed E-state index contributed by atoms with van der Waals surface area (Å²) in [4.78, 5) is 6.79. The molecule has 0 unspecified atom stereocenters. The van der Waals surface area contributed by atoms with Gasteiger partial charge in [-0.2, -0.15) is 4.31 Å². The van der Waals surface area contributed by atoms with Crippen molar-refractivity contribution in [2.24, 2.45) is 5.92 Å². The van der Waals surface area contributed by atoms with E-state index >= 15 is 0 Å². The molecule has 2 aliphatic rings. The molecule has 0 N–H and O–H groups in total. The van der Waals surface area contributed by atoms with E-state index in [2.05, 4.69) is 9.88 Å². The van der Waals surface area contributed by atoms with Crippen LogP contribution < -0.4 is 0 Å². The van der Waals surface area contributed by atoms with Gasteiger partial charge in [-0.3, -0.25) is 9.88 Å². The fourth-order valence-corrected chi connectivity index (χ4v) is 6.28. The first-order chi connectivity index (χ1) is 13.9. The topological polar surface area (TPSA) is 53.5 Å². The van der Waals surface area contributed by atoms with Crippen molar-refractivity contribution in [1.82, 2.24) is 14.2 Å². The highest BCUT2D eigenvalue weighted by atomic mass is 32.2. The second-order valence-electron chi connectivity index (χ2n) is 8.51. The minimum absolute atomic E-state index is 0.142. The summed E-state index contributed by atoms with van der Waals surface area (Å²) < 4.78 is 40.5. The molecule has 158 valence electrons. The Labute approximate surface area is 173 Å². The molecular formula is C22H30FN3O2S. The molecule has 1 aromatic heterocycles. The number of nitrogens with zero attached hydrogens (tertiary/aromatic N) is 3. The first-order valence-corrected chi connectivity index (χ1v) is 12.5. The quantitative estimate of drug-likeness (QED) is 0.757. The van der Waals surface area contributed by atoms with E-state index in [1.807, 2.05) is 6.07 Å². The van der Waals surface area contributed by atoms with E-state index in [-0.39, 0.29) is 11.9 Å². The van der Waals surface area contributed by atoms with Gasteiger partial charge in [0.15, 0.2) is 0 Å². The maximum atomic E-state index is 14.1. The molecule has 7 heteroatoms. The summed E-state index contributed by atoms with van der Waals surface area (Å²) in [7, 11) is -3.16. The van der Waals surface area contributed by atoms with Crippen LogP contribution in [0, 0.1) is 11.7 Å². The summed E-state index contributed by atoms with van der Waals surface area (Å²) in [6.45, 7) is 3.28. The predicted molar refractivity (Wildman–Crippen MR) is 114 cm³/mol. The van der Waals surface area contributed by atoms with Crippen LogP contribution in [0.4, 0.5) is 4.39 Å². The lowest BCUT2D eigenvalue weighted by atomic mass is 9.87. The Kier molecular flexibility index (Phi) is 6.18. The van der Waals surface area contributed by atoms with E-state index in [1.165, 1.54) is 12.3 Å². The van der Waals surface area contributed by atoms with Crippen LogP contribution in [0.2, 0.25) is 0 Å². The van der Waals surface area contributed by atoms with Crippen LogP contribution in [0.3, 0.4) is 0 Å². The molecule has 0 amide bonds. The first kappa shape index (κ1) is 20.7. The fourth-order valence-electron chi connectivity index (χ4n) is 5.05. The van der Waals surface area contributed by atoms with Gasteiger partial charge in [0.25, 0.3) is 0 Å². The number of pyridine rings is 1. The van der Waals surface area contributed by atoms with Crippen molar-refractivity contribution in [1.29, 1.82) is 0 Å². The number of likely N-dealkylation sites (tertiary alicyclic amines) is 1. The number of hydrogen-bond donors (Lipinski definition) is 0. The molecule has 3 heterocycles. The highest BCUT2D eigenvalue weighted by molar-refractivity contribution is 7.88. The smallest absolute Gasteiger partial charge is 0.211 e. The lowest BCUT2D eigenvalue weighted by molar-refractivity contribution is 0.124. The standard InChI is InChI=1S/C22H30FN3O2S/c1-29(27,28)26-13-4-2-3-7-21(26)17-10-14-25(15-11-17)16-18-8-9-20(23)19-6-5-12-24-22(18)19/h5-6,8-9,12,17,21H,2-4,7,10-11,13-16H2,1H3/t21-/m0/s1. The highest BCUT2D eigenvalue weighted by Gasteiger charge is 2.35. The van der Waals surface area contributed by atoms with Crippen molar-refractivity contribution in [3.05, 3.63) is 41.8 Å². The molecule has 1 aromatic carbocycles. The maximum absolute atomic E-state index is 14.1. The first-order valence-electron chi connectivity index (χ1n) is 10.6. The van der Waals surface area contributed by atoms with Gasteiger partial charge in [-0.25, -0.2) is 12.8 Å². The van der Waals surface area contributed by atoms with E-state index in [4.69, 9.17) is 0 Å². The van der Waals surface area contributed by atoms with Gasteiger partial charge < -0.3 is 0 Å². The number of aromatic nitrogens is 1. The third-order valence-electron chi connectivity index (χ3n) is 6.54. The van der Waals surface area contributed by atoms with Crippen molar-refractivity contribution in [3.63, 3.8) is 0 Å². The van der Waals surface area contributed by atoms with Crippen molar-refractivity contribution in [3.8, 4) is 0 Å². The summed E-state index contributed by atoms with van der Waals surface area (Å²) in [5.41, 5.74) is 1.79.